The van der Waals surface area contributed by atoms with Crippen LogP contribution in [-0.2, 0) is 21.5 Å². The van der Waals surface area contributed by atoms with Crippen LogP contribution in [0.1, 0.15) is 48.0 Å². The van der Waals surface area contributed by atoms with Crippen LogP contribution in [0.15, 0.2) is 24.3 Å². The van der Waals surface area contributed by atoms with Gasteiger partial charge < -0.3 is 10.5 Å². The molecule has 0 spiro atoms. The van der Waals surface area contributed by atoms with E-state index < -0.39 is 5.41 Å². The van der Waals surface area contributed by atoms with E-state index in [1.807, 2.05) is 16.8 Å². The minimum Gasteiger partial charge on any atom is -0.381 e. The van der Waals surface area contributed by atoms with Crippen molar-refractivity contribution in [1.82, 2.24) is 14.8 Å². The van der Waals surface area contributed by atoms with Crippen molar-refractivity contribution >= 4 is 5.91 Å². The first kappa shape index (κ1) is 15.3. The molecule has 1 aromatic carbocycles. The Morgan fingerprint density at radius 1 is 1.42 bits per heavy atom. The quantitative estimate of drug-likeness (QED) is 0.906. The molecule has 1 aliphatic heterocycles. The van der Waals surface area contributed by atoms with Crippen LogP contribution in [0.4, 0.5) is 0 Å². The highest BCUT2D eigenvalue weighted by atomic mass is 16.5. The molecular weight excluding hydrogens is 304 g/mol. The van der Waals surface area contributed by atoms with Gasteiger partial charge in [-0.15, -0.1) is 0 Å². The van der Waals surface area contributed by atoms with E-state index in [1.165, 1.54) is 11.1 Å². The average molecular weight is 326 g/mol. The zero-order valence-corrected chi connectivity index (χ0v) is 13.9. The molecule has 2 aliphatic rings. The molecule has 126 valence electrons. The summed E-state index contributed by atoms with van der Waals surface area (Å²) in [4.78, 5) is 16.7. The van der Waals surface area contributed by atoms with Gasteiger partial charge in [0.2, 0.25) is 5.91 Å². The summed E-state index contributed by atoms with van der Waals surface area (Å²) in [6.45, 7) is 4.08. The molecule has 2 fully saturated rings. The first-order chi connectivity index (χ1) is 11.6. The Labute approximate surface area is 141 Å². The van der Waals surface area contributed by atoms with E-state index in [9.17, 15) is 4.79 Å². The molecule has 1 aromatic heterocycles. The number of aryl methyl sites for hydroxylation is 1. The largest absolute Gasteiger partial charge is 0.381 e. The van der Waals surface area contributed by atoms with Crippen molar-refractivity contribution in [2.45, 2.75) is 44.1 Å². The summed E-state index contributed by atoms with van der Waals surface area (Å²) < 4.78 is 7.35. The van der Waals surface area contributed by atoms with Gasteiger partial charge in [0.25, 0.3) is 0 Å². The number of primary amides is 1. The molecule has 6 nitrogen and oxygen atoms in total. The first-order valence-electron chi connectivity index (χ1n) is 8.47. The Hall–Kier alpha value is -2.21. The molecule has 6 heteroatoms. The van der Waals surface area contributed by atoms with Crippen LogP contribution >= 0.6 is 0 Å². The Balaban J connectivity index is 1.73. The van der Waals surface area contributed by atoms with Gasteiger partial charge in [-0.1, -0.05) is 24.3 Å². The van der Waals surface area contributed by atoms with Crippen LogP contribution in [0, 0.1) is 6.92 Å². The Kier molecular flexibility index (Phi) is 3.64. The van der Waals surface area contributed by atoms with Gasteiger partial charge in [0, 0.05) is 12.5 Å². The molecule has 1 saturated carbocycles. The number of amides is 1. The van der Waals surface area contributed by atoms with E-state index in [1.54, 1.807) is 0 Å². The Morgan fingerprint density at radius 3 is 2.83 bits per heavy atom. The number of benzene rings is 1. The molecule has 0 bridgehead atoms. The Bertz CT molecular complexity index is 773. The van der Waals surface area contributed by atoms with Crippen molar-refractivity contribution in [3.05, 3.63) is 47.0 Å². The molecule has 1 amide bonds. The fraction of sp³-hybridized carbons (Fsp3) is 0.500. The van der Waals surface area contributed by atoms with Crippen LogP contribution < -0.4 is 5.73 Å². The van der Waals surface area contributed by atoms with Gasteiger partial charge in [-0.2, -0.15) is 5.10 Å². The SMILES string of the molecule is Cc1ccccc1Cn1nc(C2CCOC2)nc1C1(C(N)=O)CC1. The molecule has 1 atom stereocenters. The topological polar surface area (TPSA) is 83.0 Å². The minimum atomic E-state index is -0.632. The van der Waals surface area contributed by atoms with Crippen molar-refractivity contribution in [3.63, 3.8) is 0 Å². The van der Waals surface area contributed by atoms with Crippen LogP contribution in [0.2, 0.25) is 0 Å². The van der Waals surface area contributed by atoms with Crippen molar-refractivity contribution in [1.29, 1.82) is 0 Å². The maximum Gasteiger partial charge on any atom is 0.231 e. The maximum absolute atomic E-state index is 12.0. The zero-order chi connectivity index (χ0) is 16.7. The van der Waals surface area contributed by atoms with Crippen molar-refractivity contribution in [3.8, 4) is 0 Å². The molecule has 1 unspecified atom stereocenters. The third kappa shape index (κ3) is 2.51. The number of carbonyl (C=O) groups is 1. The lowest BCUT2D eigenvalue weighted by molar-refractivity contribution is -0.120. The molecule has 24 heavy (non-hydrogen) atoms. The van der Waals surface area contributed by atoms with Crippen molar-refractivity contribution < 1.29 is 9.53 Å². The minimum absolute atomic E-state index is 0.213. The second-order valence-corrected chi connectivity index (χ2v) is 6.88. The summed E-state index contributed by atoms with van der Waals surface area (Å²) in [7, 11) is 0. The maximum atomic E-state index is 12.0. The van der Waals surface area contributed by atoms with E-state index in [4.69, 9.17) is 20.6 Å². The highest BCUT2D eigenvalue weighted by Gasteiger charge is 2.54. The molecule has 0 radical (unpaired) electrons. The fourth-order valence-corrected chi connectivity index (χ4v) is 3.39. The van der Waals surface area contributed by atoms with E-state index >= 15 is 0 Å². The smallest absolute Gasteiger partial charge is 0.231 e. The predicted molar refractivity (Wildman–Crippen MR) is 88.6 cm³/mol. The van der Waals surface area contributed by atoms with Crippen LogP contribution in [0.5, 0.6) is 0 Å². The van der Waals surface area contributed by atoms with Gasteiger partial charge in [-0.05, 0) is 37.3 Å². The number of nitrogens with zero attached hydrogens (tertiary/aromatic N) is 3. The summed E-state index contributed by atoms with van der Waals surface area (Å²) in [5.41, 5.74) is 7.42. The van der Waals surface area contributed by atoms with Crippen LogP contribution in [-0.4, -0.2) is 33.9 Å². The van der Waals surface area contributed by atoms with Crippen molar-refractivity contribution in [2.75, 3.05) is 13.2 Å². The first-order valence-corrected chi connectivity index (χ1v) is 8.47. The fourth-order valence-electron chi connectivity index (χ4n) is 3.39. The number of aromatic nitrogens is 3. The van der Waals surface area contributed by atoms with Gasteiger partial charge in [0.15, 0.2) is 5.82 Å². The Morgan fingerprint density at radius 2 is 2.21 bits per heavy atom. The summed E-state index contributed by atoms with van der Waals surface area (Å²) >= 11 is 0. The lowest BCUT2D eigenvalue weighted by Crippen LogP contribution is -2.31. The molecule has 1 aliphatic carbocycles. The number of hydrogen-bond donors (Lipinski definition) is 1. The number of carbonyl (C=O) groups excluding carboxylic acids is 1. The number of ether oxygens (including phenoxy) is 1. The molecular formula is C18H22N4O2. The third-order valence-corrected chi connectivity index (χ3v) is 5.21. The molecule has 2 heterocycles. The van der Waals surface area contributed by atoms with Crippen LogP contribution in [0.25, 0.3) is 0 Å². The average Bonchev–Trinajstić information content (AvgIpc) is 3.01. The zero-order valence-electron chi connectivity index (χ0n) is 13.9. The van der Waals surface area contributed by atoms with Gasteiger partial charge in [0.1, 0.15) is 11.2 Å². The highest BCUT2D eigenvalue weighted by Crippen LogP contribution is 2.47. The van der Waals surface area contributed by atoms with Gasteiger partial charge >= 0.3 is 0 Å². The van der Waals surface area contributed by atoms with E-state index in [0.29, 0.717) is 13.2 Å². The molecule has 4 rings (SSSR count). The molecule has 1 saturated heterocycles. The van der Waals surface area contributed by atoms with E-state index in [-0.39, 0.29) is 11.8 Å². The second-order valence-electron chi connectivity index (χ2n) is 6.88. The lowest BCUT2D eigenvalue weighted by atomic mass is 10.0. The summed E-state index contributed by atoms with van der Waals surface area (Å²) in [6, 6.07) is 8.21. The molecule has 2 aromatic rings. The molecule has 2 N–H and O–H groups in total. The summed E-state index contributed by atoms with van der Waals surface area (Å²) in [5, 5.41) is 4.74. The van der Waals surface area contributed by atoms with Crippen molar-refractivity contribution in [2.24, 2.45) is 5.73 Å². The van der Waals surface area contributed by atoms with Gasteiger partial charge in [-0.3, -0.25) is 4.79 Å². The highest BCUT2D eigenvalue weighted by molar-refractivity contribution is 5.88. The lowest BCUT2D eigenvalue weighted by Gasteiger charge is -2.13. The predicted octanol–water partition coefficient (Wildman–Crippen LogP) is 1.66. The summed E-state index contributed by atoms with van der Waals surface area (Å²) in [6.07, 6.45) is 2.45. The van der Waals surface area contributed by atoms with Gasteiger partial charge in [0.05, 0.1) is 13.2 Å². The third-order valence-electron chi connectivity index (χ3n) is 5.21. The monoisotopic (exact) mass is 326 g/mol. The number of hydrogen-bond acceptors (Lipinski definition) is 4. The summed E-state index contributed by atoms with van der Waals surface area (Å²) in [5.74, 6) is 1.42. The standard InChI is InChI=1S/C18H22N4O2/c1-12-4-2-3-5-13(12)10-22-17(18(7-8-18)16(19)23)20-15(21-22)14-6-9-24-11-14/h2-5,14H,6-11H2,1H3,(H2,19,23). The van der Waals surface area contributed by atoms with Crippen LogP contribution in [0.3, 0.4) is 0 Å². The van der Waals surface area contributed by atoms with Gasteiger partial charge in [-0.25, -0.2) is 9.67 Å². The number of rotatable bonds is 5. The normalized spacial score (nSPS) is 21.8. The van der Waals surface area contributed by atoms with E-state index in [0.717, 1.165) is 37.5 Å². The second kappa shape index (κ2) is 5.70. The number of nitrogens with two attached hydrogens (primary N) is 1. The van der Waals surface area contributed by atoms with E-state index in [2.05, 4.69) is 19.1 Å².